The van der Waals surface area contributed by atoms with Crippen molar-refractivity contribution in [2.24, 2.45) is 5.41 Å². The second kappa shape index (κ2) is 10.8. The number of hydrogen-bond acceptors (Lipinski definition) is 8. The molecule has 2 N–H and O–H groups in total. The van der Waals surface area contributed by atoms with Crippen LogP contribution in [0.4, 0.5) is 10.2 Å². The predicted octanol–water partition coefficient (Wildman–Crippen LogP) is 3.71. The summed E-state index contributed by atoms with van der Waals surface area (Å²) in [6.45, 7) is 7.71. The molecule has 2 aromatic carbocycles. The van der Waals surface area contributed by atoms with Crippen LogP contribution in [0, 0.1) is 11.2 Å². The molecule has 13 heteroatoms. The molecule has 0 saturated carbocycles. The third-order valence-corrected chi connectivity index (χ3v) is 10.5. The molecule has 6 rings (SSSR count). The van der Waals surface area contributed by atoms with Crippen LogP contribution in [0.25, 0.3) is 11.0 Å². The number of fused-ring (bicyclic) bond motifs is 1. The number of likely N-dealkylation sites (tertiary alicyclic amines) is 1. The number of rotatable bonds is 8. The van der Waals surface area contributed by atoms with Crippen LogP contribution in [-0.2, 0) is 16.6 Å². The van der Waals surface area contributed by atoms with Gasteiger partial charge in [-0.2, -0.15) is 4.31 Å². The van der Waals surface area contributed by atoms with Crippen LogP contribution in [0.5, 0.6) is 11.5 Å². The summed E-state index contributed by atoms with van der Waals surface area (Å²) < 4.78 is 48.1. The van der Waals surface area contributed by atoms with Crippen molar-refractivity contribution < 1.29 is 17.5 Å². The maximum Gasteiger partial charge on any atom is 0.323 e. The minimum absolute atomic E-state index is 0.0154. The lowest BCUT2D eigenvalue weighted by molar-refractivity contribution is 0.270. The van der Waals surface area contributed by atoms with Crippen LogP contribution in [0.15, 0.2) is 58.6 Å². The summed E-state index contributed by atoms with van der Waals surface area (Å²) in [7, 11) is -2.56. The van der Waals surface area contributed by atoms with Crippen molar-refractivity contribution >= 4 is 26.9 Å². The number of imidazole rings is 1. The first-order valence-corrected chi connectivity index (χ1v) is 15.4. The largest absolute Gasteiger partial charge is 0.450 e. The summed E-state index contributed by atoms with van der Waals surface area (Å²) in [5, 5.41) is 0. The van der Waals surface area contributed by atoms with Gasteiger partial charge in [0.2, 0.25) is 10.0 Å². The van der Waals surface area contributed by atoms with Crippen LogP contribution < -0.4 is 15.3 Å². The Kier molecular flexibility index (Phi) is 7.27. The molecule has 0 amide bonds. The van der Waals surface area contributed by atoms with Gasteiger partial charge < -0.3 is 19.6 Å². The number of aromatic nitrogens is 4. The van der Waals surface area contributed by atoms with Gasteiger partial charge in [0.15, 0.2) is 11.6 Å². The molecule has 2 saturated heterocycles. The lowest BCUT2D eigenvalue weighted by atomic mass is 9.86. The van der Waals surface area contributed by atoms with E-state index in [1.807, 2.05) is 18.2 Å². The fraction of sp³-hybridized carbons (Fsp3) is 0.414. The van der Waals surface area contributed by atoms with Crippen molar-refractivity contribution in [3.8, 4) is 11.5 Å². The first-order chi connectivity index (χ1) is 20.0. The number of halogens is 1. The molecule has 2 aliphatic rings. The van der Waals surface area contributed by atoms with Crippen LogP contribution in [0.1, 0.15) is 32.3 Å². The maximum absolute atomic E-state index is 14.2. The van der Waals surface area contributed by atoms with Gasteiger partial charge in [0.25, 0.3) is 0 Å². The second-order valence-corrected chi connectivity index (χ2v) is 13.6. The van der Waals surface area contributed by atoms with Gasteiger partial charge in [0, 0.05) is 44.7 Å². The van der Waals surface area contributed by atoms with E-state index in [4.69, 9.17) is 4.74 Å². The number of ether oxygens (including phenoxy) is 1. The Labute approximate surface area is 243 Å². The summed E-state index contributed by atoms with van der Waals surface area (Å²) in [4.78, 5) is 30.2. The topological polar surface area (TPSA) is 128 Å². The second-order valence-electron chi connectivity index (χ2n) is 11.6. The number of H-pyrrole nitrogens is 2. The molecule has 42 heavy (non-hydrogen) atoms. The first kappa shape index (κ1) is 28.3. The van der Waals surface area contributed by atoms with Crippen molar-refractivity contribution in [1.82, 2.24) is 29.1 Å². The van der Waals surface area contributed by atoms with E-state index < -0.39 is 15.8 Å². The highest BCUT2D eigenvalue weighted by Gasteiger charge is 2.44. The molecular weight excluding hydrogens is 561 g/mol. The van der Waals surface area contributed by atoms with Gasteiger partial charge in [-0.25, -0.2) is 27.6 Å². The summed E-state index contributed by atoms with van der Waals surface area (Å²) in [6, 6.07) is 9.16. The molecule has 1 spiro atoms. The molecule has 0 aliphatic carbocycles. The summed E-state index contributed by atoms with van der Waals surface area (Å²) in [6.07, 6.45) is 4.98. The predicted molar refractivity (Wildman–Crippen MR) is 157 cm³/mol. The highest BCUT2D eigenvalue weighted by Crippen LogP contribution is 2.44. The Morgan fingerprint density at radius 3 is 2.67 bits per heavy atom. The zero-order valence-corrected chi connectivity index (χ0v) is 24.6. The number of anilines is 1. The summed E-state index contributed by atoms with van der Waals surface area (Å²) >= 11 is 0. The number of benzene rings is 2. The van der Waals surface area contributed by atoms with E-state index >= 15 is 0 Å². The molecule has 11 nitrogen and oxygen atoms in total. The van der Waals surface area contributed by atoms with E-state index in [-0.39, 0.29) is 27.8 Å². The van der Waals surface area contributed by atoms with Gasteiger partial charge in [-0.05, 0) is 69.1 Å². The van der Waals surface area contributed by atoms with Crippen LogP contribution in [0.3, 0.4) is 0 Å². The molecule has 2 aliphatic heterocycles. The normalized spacial score (nSPS) is 19.6. The highest BCUT2D eigenvalue weighted by atomic mass is 32.2. The van der Waals surface area contributed by atoms with Crippen molar-refractivity contribution in [3.63, 3.8) is 0 Å². The monoisotopic (exact) mass is 595 g/mol. The average molecular weight is 596 g/mol. The molecule has 4 heterocycles. The zero-order valence-electron chi connectivity index (χ0n) is 23.8. The van der Waals surface area contributed by atoms with Crippen molar-refractivity contribution in [3.05, 3.63) is 70.8 Å². The number of nitrogens with one attached hydrogen (secondary N) is 2. The van der Waals surface area contributed by atoms with E-state index in [9.17, 15) is 17.6 Å². The molecule has 0 radical (unpaired) electrons. The zero-order chi connectivity index (χ0) is 29.6. The standard InChI is InChI=1S/C29H34FN7O4S/c1-19(2)35(3)42(39,40)26-13-21(30)5-7-24(26)41-25-14-31-18-32-27(25)37-11-9-29(17-37)8-10-36(16-29)15-20-4-6-22-23(12-20)34-28(38)33-22/h4-7,12-14,18-19H,8-11,15-17H2,1-3H3,(H2,33,34,38). The number of nitrogens with zero attached hydrogens (tertiary/aromatic N) is 5. The fourth-order valence-corrected chi connectivity index (χ4v) is 7.48. The van der Waals surface area contributed by atoms with Gasteiger partial charge in [-0.15, -0.1) is 0 Å². The highest BCUT2D eigenvalue weighted by molar-refractivity contribution is 7.89. The molecule has 222 valence electrons. The maximum atomic E-state index is 14.2. The minimum Gasteiger partial charge on any atom is -0.450 e. The van der Waals surface area contributed by atoms with Gasteiger partial charge in [-0.1, -0.05) is 6.07 Å². The summed E-state index contributed by atoms with van der Waals surface area (Å²) in [5.41, 5.74) is 2.63. The molecule has 4 aromatic rings. The molecule has 2 aromatic heterocycles. The molecular formula is C29H34FN7O4S. The van der Waals surface area contributed by atoms with Gasteiger partial charge in [-0.3, -0.25) is 4.90 Å². The molecule has 1 atom stereocenters. The van der Waals surface area contributed by atoms with E-state index in [1.165, 1.54) is 36.0 Å². The van der Waals surface area contributed by atoms with E-state index in [0.717, 1.165) is 68.2 Å². The van der Waals surface area contributed by atoms with Crippen molar-refractivity contribution in [2.45, 2.75) is 44.2 Å². The molecule has 1 unspecified atom stereocenters. The average Bonchev–Trinajstić information content (AvgIpc) is 3.67. The molecule has 0 bridgehead atoms. The third kappa shape index (κ3) is 5.39. The summed E-state index contributed by atoms with van der Waals surface area (Å²) in [5.74, 6) is 0.235. The minimum atomic E-state index is -4.02. The third-order valence-electron chi connectivity index (χ3n) is 8.41. The smallest absolute Gasteiger partial charge is 0.323 e. The van der Waals surface area contributed by atoms with Gasteiger partial charge in [0.1, 0.15) is 22.8 Å². The number of sulfonamides is 1. The van der Waals surface area contributed by atoms with E-state index in [0.29, 0.717) is 11.6 Å². The Balaban J connectivity index is 1.19. The van der Waals surface area contributed by atoms with Crippen LogP contribution >= 0.6 is 0 Å². The fourth-order valence-electron chi connectivity index (χ4n) is 5.99. The Morgan fingerprint density at radius 1 is 1.07 bits per heavy atom. The number of aromatic amines is 2. The Bertz CT molecular complexity index is 1790. The SMILES string of the molecule is CC(C)N(C)S(=O)(=O)c1cc(F)ccc1Oc1cncnc1N1CCC2(CCN(Cc3ccc4[nH]c(=O)[nH]c4c3)C2)C1. The van der Waals surface area contributed by atoms with Crippen molar-refractivity contribution in [2.75, 3.05) is 38.1 Å². The van der Waals surface area contributed by atoms with E-state index in [1.54, 1.807) is 13.8 Å². The van der Waals surface area contributed by atoms with E-state index in [2.05, 4.69) is 29.7 Å². The van der Waals surface area contributed by atoms with Crippen LogP contribution in [0.2, 0.25) is 0 Å². The Morgan fingerprint density at radius 2 is 1.86 bits per heavy atom. The lowest BCUT2D eigenvalue weighted by Crippen LogP contribution is -2.33. The first-order valence-electron chi connectivity index (χ1n) is 14.0. The molecule has 2 fully saturated rings. The van der Waals surface area contributed by atoms with Gasteiger partial charge >= 0.3 is 5.69 Å². The van der Waals surface area contributed by atoms with Crippen molar-refractivity contribution in [1.29, 1.82) is 0 Å². The lowest BCUT2D eigenvalue weighted by Gasteiger charge is -2.26. The quantitative estimate of drug-likeness (QED) is 0.316. The Hall–Kier alpha value is -3.81. The number of hydrogen-bond donors (Lipinski definition) is 2. The van der Waals surface area contributed by atoms with Gasteiger partial charge in [0.05, 0.1) is 17.2 Å². The van der Waals surface area contributed by atoms with Crippen LogP contribution in [-0.4, -0.2) is 76.8 Å².